The largest absolute Gasteiger partial charge is 0.346 e. The number of aromatic amines is 1. The maximum absolute atomic E-state index is 12.3. The Hall–Kier alpha value is -3.44. The first kappa shape index (κ1) is 22.4. The zero-order valence-electron chi connectivity index (χ0n) is 20.6. The molecule has 4 aromatic rings. The summed E-state index contributed by atoms with van der Waals surface area (Å²) in [7, 11) is 5.74. The van der Waals surface area contributed by atoms with E-state index in [9.17, 15) is 4.79 Å². The predicted molar refractivity (Wildman–Crippen MR) is 139 cm³/mol. The van der Waals surface area contributed by atoms with Crippen LogP contribution in [0.3, 0.4) is 0 Å². The number of carbonyl (C=O) groups excluding carboxylic acids is 1. The standard InChI is InChI=1S/C29H32N4O/c1-18(2)25-13-21(12-23-17-33(5)11-10-24(23)25)22-14-26-27(16-31-28(26)30-15-22)19-6-8-20(9-7-19)29(34)32(3)4/h6-9,12-16,18H,10-11,17H2,1-5H3,(H,30,31). The Balaban J connectivity index is 1.57. The van der Waals surface area contributed by atoms with E-state index >= 15 is 0 Å². The van der Waals surface area contributed by atoms with Gasteiger partial charge in [0, 0.05) is 61.7 Å². The van der Waals surface area contributed by atoms with Crippen LogP contribution in [0.2, 0.25) is 0 Å². The molecule has 3 heterocycles. The van der Waals surface area contributed by atoms with Crippen LogP contribution in [0.25, 0.3) is 33.3 Å². The molecule has 1 aliphatic heterocycles. The number of H-pyrrole nitrogens is 1. The van der Waals surface area contributed by atoms with E-state index in [0.29, 0.717) is 11.5 Å². The van der Waals surface area contributed by atoms with Crippen LogP contribution in [0.5, 0.6) is 0 Å². The van der Waals surface area contributed by atoms with Crippen LogP contribution in [-0.4, -0.2) is 53.4 Å². The summed E-state index contributed by atoms with van der Waals surface area (Å²) in [5.74, 6) is 0.494. The molecule has 2 aromatic heterocycles. The number of likely N-dealkylation sites (N-methyl/N-ethyl adjacent to an activating group) is 1. The molecule has 0 bridgehead atoms. The molecule has 0 saturated carbocycles. The van der Waals surface area contributed by atoms with Gasteiger partial charge in [0.25, 0.3) is 5.91 Å². The van der Waals surface area contributed by atoms with E-state index in [1.165, 1.54) is 22.3 Å². The van der Waals surface area contributed by atoms with E-state index in [1.807, 2.05) is 36.7 Å². The number of amides is 1. The van der Waals surface area contributed by atoms with Gasteiger partial charge < -0.3 is 14.8 Å². The van der Waals surface area contributed by atoms with E-state index in [1.54, 1.807) is 19.0 Å². The number of pyridine rings is 1. The predicted octanol–water partition coefficient (Wildman–Crippen LogP) is 5.71. The summed E-state index contributed by atoms with van der Waals surface area (Å²) in [6, 6.07) is 14.8. The van der Waals surface area contributed by atoms with E-state index in [4.69, 9.17) is 4.98 Å². The third kappa shape index (κ3) is 4.01. The van der Waals surface area contributed by atoms with Crippen molar-refractivity contribution in [1.29, 1.82) is 0 Å². The molecule has 1 amide bonds. The van der Waals surface area contributed by atoms with Crippen LogP contribution in [0.1, 0.15) is 46.8 Å². The van der Waals surface area contributed by atoms with Gasteiger partial charge in [0.05, 0.1) is 0 Å². The van der Waals surface area contributed by atoms with Crippen molar-refractivity contribution in [2.24, 2.45) is 0 Å². The fourth-order valence-corrected chi connectivity index (χ4v) is 5.01. The zero-order chi connectivity index (χ0) is 24.0. The van der Waals surface area contributed by atoms with Gasteiger partial charge in [-0.2, -0.15) is 0 Å². The molecular formula is C29H32N4O. The smallest absolute Gasteiger partial charge is 0.253 e. The van der Waals surface area contributed by atoms with Crippen LogP contribution < -0.4 is 0 Å². The SMILES string of the molecule is CC(C)c1cc(-c2cnc3[nH]cc(-c4ccc(C(=O)N(C)C)cc4)c3c2)cc2c1CCN(C)C2. The van der Waals surface area contributed by atoms with Gasteiger partial charge in [-0.25, -0.2) is 4.98 Å². The first-order valence-corrected chi connectivity index (χ1v) is 12.0. The molecule has 0 radical (unpaired) electrons. The average Bonchev–Trinajstić information content (AvgIpc) is 3.25. The van der Waals surface area contributed by atoms with Crippen LogP contribution in [0.4, 0.5) is 0 Å². The number of benzene rings is 2. The molecule has 5 heteroatoms. The molecule has 1 N–H and O–H groups in total. The quantitative estimate of drug-likeness (QED) is 0.431. The number of nitrogens with zero attached hydrogens (tertiary/aromatic N) is 3. The zero-order valence-corrected chi connectivity index (χ0v) is 20.6. The lowest BCUT2D eigenvalue weighted by atomic mass is 9.86. The molecule has 34 heavy (non-hydrogen) atoms. The molecule has 0 atom stereocenters. The number of hydrogen-bond donors (Lipinski definition) is 1. The molecule has 0 unspecified atom stereocenters. The van der Waals surface area contributed by atoms with Crippen molar-refractivity contribution in [3.63, 3.8) is 0 Å². The molecule has 1 aliphatic rings. The molecule has 0 spiro atoms. The number of fused-ring (bicyclic) bond motifs is 2. The third-order valence-electron chi connectivity index (χ3n) is 6.90. The van der Waals surface area contributed by atoms with Crippen molar-refractivity contribution in [3.8, 4) is 22.3 Å². The maximum Gasteiger partial charge on any atom is 0.253 e. The Labute approximate surface area is 201 Å². The van der Waals surface area contributed by atoms with E-state index in [-0.39, 0.29) is 5.91 Å². The Morgan fingerprint density at radius 3 is 2.53 bits per heavy atom. The molecule has 2 aromatic carbocycles. The topological polar surface area (TPSA) is 52.2 Å². The van der Waals surface area contributed by atoms with E-state index in [0.717, 1.165) is 47.2 Å². The highest BCUT2D eigenvalue weighted by molar-refractivity contribution is 5.98. The third-order valence-corrected chi connectivity index (χ3v) is 6.90. The lowest BCUT2D eigenvalue weighted by molar-refractivity contribution is 0.0827. The second-order valence-corrected chi connectivity index (χ2v) is 9.95. The summed E-state index contributed by atoms with van der Waals surface area (Å²) in [6.07, 6.45) is 5.09. The number of nitrogens with one attached hydrogen (secondary N) is 1. The van der Waals surface area contributed by atoms with Gasteiger partial charge >= 0.3 is 0 Å². The van der Waals surface area contributed by atoms with Gasteiger partial charge in [-0.1, -0.05) is 32.0 Å². The van der Waals surface area contributed by atoms with Crippen LogP contribution in [0.15, 0.2) is 54.9 Å². The lowest BCUT2D eigenvalue weighted by Crippen LogP contribution is -2.27. The van der Waals surface area contributed by atoms with Gasteiger partial charge in [-0.15, -0.1) is 0 Å². The van der Waals surface area contributed by atoms with Gasteiger partial charge in [0.1, 0.15) is 5.65 Å². The summed E-state index contributed by atoms with van der Waals surface area (Å²) in [5, 5.41) is 1.09. The number of aromatic nitrogens is 2. The lowest BCUT2D eigenvalue weighted by Gasteiger charge is -2.29. The average molecular weight is 453 g/mol. The van der Waals surface area contributed by atoms with E-state index < -0.39 is 0 Å². The molecule has 174 valence electrons. The second kappa shape index (κ2) is 8.73. The second-order valence-electron chi connectivity index (χ2n) is 9.95. The first-order chi connectivity index (χ1) is 16.3. The first-order valence-electron chi connectivity index (χ1n) is 12.0. The molecule has 5 rings (SSSR count). The summed E-state index contributed by atoms with van der Waals surface area (Å²) >= 11 is 0. The summed E-state index contributed by atoms with van der Waals surface area (Å²) in [6.45, 7) is 6.68. The summed E-state index contributed by atoms with van der Waals surface area (Å²) in [4.78, 5) is 24.3. The van der Waals surface area contributed by atoms with Crippen LogP contribution >= 0.6 is 0 Å². The summed E-state index contributed by atoms with van der Waals surface area (Å²) in [5.41, 5.74) is 10.5. The van der Waals surface area contributed by atoms with Crippen LogP contribution in [-0.2, 0) is 13.0 Å². The van der Waals surface area contributed by atoms with Crippen molar-refractivity contribution < 1.29 is 4.79 Å². The highest BCUT2D eigenvalue weighted by atomic mass is 16.2. The molecule has 0 aliphatic carbocycles. The van der Waals surface area contributed by atoms with Gasteiger partial charge in [-0.3, -0.25) is 4.79 Å². The summed E-state index contributed by atoms with van der Waals surface area (Å²) < 4.78 is 0. The van der Waals surface area contributed by atoms with Gasteiger partial charge in [0.2, 0.25) is 0 Å². The minimum atomic E-state index is 0.00782. The molecule has 5 nitrogen and oxygen atoms in total. The number of hydrogen-bond acceptors (Lipinski definition) is 3. The van der Waals surface area contributed by atoms with Crippen molar-refractivity contribution in [2.45, 2.75) is 32.7 Å². The van der Waals surface area contributed by atoms with Crippen molar-refractivity contribution in [3.05, 3.63) is 77.1 Å². The van der Waals surface area contributed by atoms with Gasteiger partial charge in [-0.05, 0) is 71.5 Å². The Kier molecular flexibility index (Phi) is 5.74. The van der Waals surface area contributed by atoms with Crippen molar-refractivity contribution >= 4 is 16.9 Å². The minimum absolute atomic E-state index is 0.00782. The van der Waals surface area contributed by atoms with Gasteiger partial charge in [0.15, 0.2) is 0 Å². The number of carbonyl (C=O) groups is 1. The van der Waals surface area contributed by atoms with Crippen molar-refractivity contribution in [2.75, 3.05) is 27.7 Å². The molecule has 0 fully saturated rings. The number of rotatable bonds is 4. The highest BCUT2D eigenvalue weighted by Crippen LogP contribution is 2.35. The normalized spacial score (nSPS) is 13.9. The molecular weight excluding hydrogens is 420 g/mol. The Morgan fingerprint density at radius 2 is 1.82 bits per heavy atom. The monoisotopic (exact) mass is 452 g/mol. The Morgan fingerprint density at radius 1 is 1.06 bits per heavy atom. The van der Waals surface area contributed by atoms with Crippen molar-refractivity contribution in [1.82, 2.24) is 19.8 Å². The fourth-order valence-electron chi connectivity index (χ4n) is 5.01. The van der Waals surface area contributed by atoms with E-state index in [2.05, 4.69) is 49.0 Å². The fraction of sp³-hybridized carbons (Fsp3) is 0.310. The van der Waals surface area contributed by atoms with Crippen LogP contribution in [0, 0.1) is 0 Å². The Bertz CT molecular complexity index is 1370. The molecule has 0 saturated heterocycles. The maximum atomic E-state index is 12.3. The highest BCUT2D eigenvalue weighted by Gasteiger charge is 2.20. The minimum Gasteiger partial charge on any atom is -0.346 e.